The summed E-state index contributed by atoms with van der Waals surface area (Å²) < 4.78 is 19.3. The molecule has 4 saturated carbocycles. The Morgan fingerprint density at radius 1 is 1.07 bits per heavy atom. The molecule has 1 amide bonds. The lowest BCUT2D eigenvalue weighted by Crippen LogP contribution is -2.47. The van der Waals surface area contributed by atoms with Crippen LogP contribution in [0.2, 0.25) is 0 Å². The van der Waals surface area contributed by atoms with E-state index in [1.165, 1.54) is 50.7 Å². The number of hydrogen-bond acceptors (Lipinski definition) is 3. The number of hydrogen-bond donors (Lipinski definition) is 1. The van der Waals surface area contributed by atoms with E-state index >= 15 is 0 Å². The zero-order chi connectivity index (χ0) is 20.3. The molecule has 4 fully saturated rings. The number of rotatable bonds is 4. The van der Waals surface area contributed by atoms with Crippen molar-refractivity contribution in [1.82, 2.24) is 4.98 Å². The van der Waals surface area contributed by atoms with Gasteiger partial charge in [-0.15, -0.1) is 0 Å². The molecule has 5 heteroatoms. The highest BCUT2D eigenvalue weighted by atomic mass is 19.1. The highest BCUT2D eigenvalue weighted by Crippen LogP contribution is 2.61. The molecule has 0 saturated heterocycles. The first-order chi connectivity index (χ1) is 14.5. The van der Waals surface area contributed by atoms with Gasteiger partial charge in [-0.1, -0.05) is 6.07 Å². The second-order valence-corrected chi connectivity index (χ2v) is 9.85. The minimum atomic E-state index is -0.326. The average molecular weight is 404 g/mol. The summed E-state index contributed by atoms with van der Waals surface area (Å²) in [5, 5.41) is 3.09. The molecule has 4 nitrogen and oxygen atoms in total. The Hall–Kier alpha value is -2.69. The number of nitrogens with zero attached hydrogens (tertiary/aromatic N) is 1. The number of benzene rings is 2. The summed E-state index contributed by atoms with van der Waals surface area (Å²) in [7, 11) is 0. The largest absolute Gasteiger partial charge is 0.436 e. The summed E-state index contributed by atoms with van der Waals surface area (Å²) in [5.41, 5.74) is 2.83. The van der Waals surface area contributed by atoms with Gasteiger partial charge in [0.25, 0.3) is 0 Å². The summed E-state index contributed by atoms with van der Waals surface area (Å²) in [6.07, 6.45) is 8.47. The first-order valence-corrected chi connectivity index (χ1v) is 11.0. The lowest BCUT2D eigenvalue weighted by atomic mass is 9.49. The second kappa shape index (κ2) is 6.66. The summed E-state index contributed by atoms with van der Waals surface area (Å²) in [4.78, 5) is 17.4. The number of aromatic nitrogens is 1. The number of amides is 1. The molecule has 1 aromatic heterocycles. The van der Waals surface area contributed by atoms with E-state index in [2.05, 4.69) is 10.3 Å². The van der Waals surface area contributed by atoms with E-state index in [0.29, 0.717) is 29.0 Å². The van der Waals surface area contributed by atoms with Crippen molar-refractivity contribution in [2.75, 3.05) is 5.32 Å². The predicted octanol–water partition coefficient (Wildman–Crippen LogP) is 6.18. The highest BCUT2D eigenvalue weighted by Gasteiger charge is 2.51. The van der Waals surface area contributed by atoms with Crippen LogP contribution in [-0.2, 0) is 4.79 Å². The first-order valence-electron chi connectivity index (χ1n) is 11.0. The van der Waals surface area contributed by atoms with Crippen molar-refractivity contribution in [2.45, 2.75) is 44.9 Å². The van der Waals surface area contributed by atoms with Gasteiger partial charge in [-0.3, -0.25) is 4.79 Å². The minimum absolute atomic E-state index is 0.102. The van der Waals surface area contributed by atoms with Crippen molar-refractivity contribution in [3.8, 4) is 11.5 Å². The fraction of sp³-hybridized carbons (Fsp3) is 0.440. The molecule has 1 N–H and O–H groups in total. The second-order valence-electron chi connectivity index (χ2n) is 9.85. The van der Waals surface area contributed by atoms with E-state index in [1.54, 1.807) is 12.1 Å². The van der Waals surface area contributed by atoms with Gasteiger partial charge in [0.05, 0.1) is 0 Å². The van der Waals surface area contributed by atoms with Crippen molar-refractivity contribution >= 4 is 22.7 Å². The molecule has 0 unspecified atom stereocenters. The van der Waals surface area contributed by atoms with Crippen LogP contribution >= 0.6 is 0 Å². The van der Waals surface area contributed by atoms with Crippen LogP contribution < -0.4 is 5.32 Å². The van der Waals surface area contributed by atoms with E-state index in [0.717, 1.165) is 23.4 Å². The van der Waals surface area contributed by atoms with E-state index in [4.69, 9.17) is 4.42 Å². The highest BCUT2D eigenvalue weighted by molar-refractivity contribution is 5.93. The maximum absolute atomic E-state index is 13.5. The van der Waals surface area contributed by atoms with Gasteiger partial charge in [0.1, 0.15) is 11.3 Å². The molecular formula is C25H25FN2O2. The molecule has 7 rings (SSSR count). The lowest BCUT2D eigenvalue weighted by molar-refractivity contribution is -0.124. The zero-order valence-electron chi connectivity index (χ0n) is 16.9. The Morgan fingerprint density at radius 3 is 2.50 bits per heavy atom. The molecule has 0 spiro atoms. The van der Waals surface area contributed by atoms with Crippen LogP contribution in [0, 0.1) is 29.0 Å². The van der Waals surface area contributed by atoms with Crippen molar-refractivity contribution < 1.29 is 13.6 Å². The normalized spacial score (nSPS) is 29.4. The van der Waals surface area contributed by atoms with Gasteiger partial charge >= 0.3 is 0 Å². The topological polar surface area (TPSA) is 55.1 Å². The number of halogens is 1. The van der Waals surface area contributed by atoms with Gasteiger partial charge in [-0.05, 0) is 98.1 Å². The third-order valence-corrected chi connectivity index (χ3v) is 7.44. The quantitative estimate of drug-likeness (QED) is 0.565. The van der Waals surface area contributed by atoms with Crippen LogP contribution in [0.4, 0.5) is 10.1 Å². The Balaban J connectivity index is 1.19. The average Bonchev–Trinajstić information content (AvgIpc) is 3.10. The Bertz CT molecular complexity index is 1100. The Morgan fingerprint density at radius 2 is 1.80 bits per heavy atom. The predicted molar refractivity (Wildman–Crippen MR) is 113 cm³/mol. The van der Waals surface area contributed by atoms with E-state index in [9.17, 15) is 9.18 Å². The molecule has 0 atom stereocenters. The van der Waals surface area contributed by atoms with E-state index in [-0.39, 0.29) is 17.1 Å². The number of oxazole rings is 1. The molecule has 154 valence electrons. The third-order valence-electron chi connectivity index (χ3n) is 7.44. The maximum Gasteiger partial charge on any atom is 0.227 e. The van der Waals surface area contributed by atoms with E-state index < -0.39 is 0 Å². The van der Waals surface area contributed by atoms with Gasteiger partial charge in [0, 0.05) is 17.7 Å². The summed E-state index contributed by atoms with van der Waals surface area (Å²) in [6.45, 7) is 0. The molecule has 4 aliphatic carbocycles. The monoisotopic (exact) mass is 404 g/mol. The van der Waals surface area contributed by atoms with Crippen LogP contribution in [0.5, 0.6) is 0 Å². The summed E-state index contributed by atoms with van der Waals surface area (Å²) >= 11 is 0. The molecule has 2 aromatic carbocycles. The molecule has 30 heavy (non-hydrogen) atoms. The molecule has 4 bridgehead atoms. The molecular weight excluding hydrogens is 379 g/mol. The third kappa shape index (κ3) is 3.21. The van der Waals surface area contributed by atoms with Crippen LogP contribution in [0.15, 0.2) is 46.9 Å². The van der Waals surface area contributed by atoms with Crippen molar-refractivity contribution in [1.29, 1.82) is 0 Å². The molecule has 0 radical (unpaired) electrons. The first kappa shape index (κ1) is 18.1. The number of nitrogens with one attached hydrogen (secondary N) is 1. The zero-order valence-corrected chi connectivity index (χ0v) is 16.9. The number of fused-ring (bicyclic) bond motifs is 1. The fourth-order valence-electron chi connectivity index (χ4n) is 6.80. The molecule has 3 aromatic rings. The molecule has 1 heterocycles. The standard InChI is InChI=1S/C25H25FN2O2/c26-19-3-1-2-18(9-19)24-28-21-10-20(4-5-22(21)30-24)27-23(29)14-25-11-15-6-16(12-25)8-17(7-15)13-25/h1-5,9-10,15-17H,6-8,11-14H2,(H,27,29). The van der Waals surface area contributed by atoms with Crippen molar-refractivity contribution in [2.24, 2.45) is 23.2 Å². The van der Waals surface area contributed by atoms with Crippen LogP contribution in [-0.4, -0.2) is 10.9 Å². The van der Waals surface area contributed by atoms with Crippen LogP contribution in [0.3, 0.4) is 0 Å². The lowest BCUT2D eigenvalue weighted by Gasteiger charge is -2.56. The SMILES string of the molecule is O=C(CC12CC3CC(CC(C3)C1)C2)Nc1ccc2oc(-c3cccc(F)c3)nc2c1. The van der Waals surface area contributed by atoms with Crippen LogP contribution in [0.1, 0.15) is 44.9 Å². The van der Waals surface area contributed by atoms with Gasteiger partial charge in [-0.2, -0.15) is 0 Å². The van der Waals surface area contributed by atoms with Crippen molar-refractivity contribution in [3.05, 3.63) is 48.3 Å². The van der Waals surface area contributed by atoms with Gasteiger partial charge in [0.2, 0.25) is 11.8 Å². The van der Waals surface area contributed by atoms with Gasteiger partial charge in [0.15, 0.2) is 5.58 Å². The van der Waals surface area contributed by atoms with Gasteiger partial charge < -0.3 is 9.73 Å². The summed E-state index contributed by atoms with van der Waals surface area (Å²) in [5.74, 6) is 2.68. The van der Waals surface area contributed by atoms with Crippen molar-refractivity contribution in [3.63, 3.8) is 0 Å². The fourth-order valence-corrected chi connectivity index (χ4v) is 6.80. The molecule has 0 aliphatic heterocycles. The van der Waals surface area contributed by atoms with E-state index in [1.807, 2.05) is 18.2 Å². The number of carbonyl (C=O) groups excluding carboxylic acids is 1. The van der Waals surface area contributed by atoms with Gasteiger partial charge in [-0.25, -0.2) is 9.37 Å². The number of carbonyl (C=O) groups is 1. The number of anilines is 1. The Kier molecular flexibility index (Phi) is 4.02. The molecule has 4 aliphatic rings. The minimum Gasteiger partial charge on any atom is -0.436 e. The summed E-state index contributed by atoms with van der Waals surface area (Å²) in [6, 6.07) is 11.7. The smallest absolute Gasteiger partial charge is 0.227 e. The maximum atomic E-state index is 13.5. The van der Waals surface area contributed by atoms with Crippen LogP contribution in [0.25, 0.3) is 22.6 Å². The Labute approximate surface area is 174 Å².